The number of sulfone groups is 1. The normalized spacial score (nSPS) is 12.3. The molecular formula is C16H10BrF3N2O4S. The lowest BCUT2D eigenvalue weighted by atomic mass is 10.1. The van der Waals surface area contributed by atoms with Gasteiger partial charge in [-0.25, -0.2) is 8.42 Å². The molecule has 0 saturated heterocycles. The molecule has 3 aromatic rings. The molecule has 11 heteroatoms. The lowest BCUT2D eigenvalue weighted by Gasteiger charge is -2.13. The van der Waals surface area contributed by atoms with Gasteiger partial charge in [-0.15, -0.1) is 0 Å². The number of carbonyl (C=O) groups excluding carboxylic acids is 1. The standard InChI is InChI=1S/C16H10BrF3N2O4S/c1-27(24,25)15-22-12-5-3-9(7-13(12)26-15)21-14(23)10-4-2-8(17)6-11(10)16(18,19)20/h2-7H,1H3,(H,21,23). The lowest BCUT2D eigenvalue weighted by Crippen LogP contribution is -2.18. The van der Waals surface area contributed by atoms with Gasteiger partial charge in [-0.1, -0.05) is 15.9 Å². The van der Waals surface area contributed by atoms with Crippen molar-refractivity contribution in [2.24, 2.45) is 0 Å². The summed E-state index contributed by atoms with van der Waals surface area (Å²) in [6.07, 6.45) is -3.79. The number of anilines is 1. The summed E-state index contributed by atoms with van der Waals surface area (Å²) in [5.74, 6) is -0.975. The molecule has 0 fully saturated rings. The Kier molecular flexibility index (Phi) is 4.76. The molecule has 1 N–H and O–H groups in total. The molecule has 1 amide bonds. The maximum Gasteiger partial charge on any atom is 0.417 e. The second kappa shape index (κ2) is 6.64. The highest BCUT2D eigenvalue weighted by Crippen LogP contribution is 2.34. The minimum Gasteiger partial charge on any atom is -0.428 e. The predicted octanol–water partition coefficient (Wildman–Crippen LogP) is 4.26. The van der Waals surface area contributed by atoms with Gasteiger partial charge in [0.25, 0.3) is 5.91 Å². The molecule has 0 aliphatic rings. The highest BCUT2D eigenvalue weighted by Gasteiger charge is 2.35. The zero-order valence-corrected chi connectivity index (χ0v) is 15.9. The molecule has 0 radical (unpaired) electrons. The van der Waals surface area contributed by atoms with E-state index in [1.165, 1.54) is 24.3 Å². The van der Waals surface area contributed by atoms with Gasteiger partial charge in [0.05, 0.1) is 11.1 Å². The smallest absolute Gasteiger partial charge is 0.417 e. The highest BCUT2D eigenvalue weighted by molar-refractivity contribution is 9.10. The molecule has 6 nitrogen and oxygen atoms in total. The van der Waals surface area contributed by atoms with Crippen molar-refractivity contribution in [1.82, 2.24) is 4.98 Å². The van der Waals surface area contributed by atoms with Gasteiger partial charge in [0.2, 0.25) is 9.84 Å². The van der Waals surface area contributed by atoms with Gasteiger partial charge in [-0.2, -0.15) is 18.2 Å². The van der Waals surface area contributed by atoms with Crippen LogP contribution in [0.4, 0.5) is 18.9 Å². The minimum absolute atomic E-state index is 0.0695. The van der Waals surface area contributed by atoms with Gasteiger partial charge < -0.3 is 9.73 Å². The molecule has 0 aliphatic heterocycles. The molecule has 1 heterocycles. The molecule has 1 aromatic heterocycles. The zero-order valence-electron chi connectivity index (χ0n) is 13.5. The molecule has 0 spiro atoms. The first kappa shape index (κ1) is 19.4. The fourth-order valence-corrected chi connectivity index (χ4v) is 3.15. The Bertz CT molecular complexity index is 1160. The second-order valence-electron chi connectivity index (χ2n) is 5.58. The monoisotopic (exact) mass is 462 g/mol. The Morgan fingerprint density at radius 2 is 1.89 bits per heavy atom. The number of benzene rings is 2. The Hall–Kier alpha value is -2.40. The Morgan fingerprint density at radius 1 is 1.19 bits per heavy atom. The van der Waals surface area contributed by atoms with E-state index in [4.69, 9.17) is 4.42 Å². The number of carbonyl (C=O) groups is 1. The third kappa shape index (κ3) is 4.14. The second-order valence-corrected chi connectivity index (χ2v) is 8.39. The van der Waals surface area contributed by atoms with E-state index in [9.17, 15) is 26.4 Å². The number of rotatable bonds is 3. The van der Waals surface area contributed by atoms with Crippen molar-refractivity contribution in [2.45, 2.75) is 11.4 Å². The van der Waals surface area contributed by atoms with Gasteiger partial charge >= 0.3 is 11.4 Å². The summed E-state index contributed by atoms with van der Waals surface area (Å²) in [6, 6.07) is 7.23. The van der Waals surface area contributed by atoms with Crippen LogP contribution < -0.4 is 5.32 Å². The number of hydrogen-bond acceptors (Lipinski definition) is 5. The van der Waals surface area contributed by atoms with Crippen molar-refractivity contribution in [2.75, 3.05) is 11.6 Å². The van der Waals surface area contributed by atoms with E-state index in [1.807, 2.05) is 0 Å². The molecule has 0 saturated carbocycles. The van der Waals surface area contributed by atoms with Crippen LogP contribution >= 0.6 is 15.9 Å². The van der Waals surface area contributed by atoms with Crippen LogP contribution in [0.5, 0.6) is 0 Å². The van der Waals surface area contributed by atoms with Crippen molar-refractivity contribution >= 4 is 48.5 Å². The maximum atomic E-state index is 13.2. The maximum absolute atomic E-state index is 13.2. The van der Waals surface area contributed by atoms with E-state index >= 15 is 0 Å². The van der Waals surface area contributed by atoms with E-state index in [0.29, 0.717) is 0 Å². The van der Waals surface area contributed by atoms with Crippen LogP contribution in [-0.2, 0) is 16.0 Å². The Labute approximate surface area is 159 Å². The molecule has 27 heavy (non-hydrogen) atoms. The molecule has 0 unspecified atom stereocenters. The molecule has 3 rings (SSSR count). The van der Waals surface area contributed by atoms with Gasteiger partial charge in [-0.3, -0.25) is 4.79 Å². The summed E-state index contributed by atoms with van der Waals surface area (Å²) < 4.78 is 67.8. The Balaban J connectivity index is 1.95. The van der Waals surface area contributed by atoms with E-state index in [0.717, 1.165) is 18.4 Å². The van der Waals surface area contributed by atoms with Crippen LogP contribution in [0.1, 0.15) is 15.9 Å². The number of amides is 1. The number of oxazole rings is 1. The van der Waals surface area contributed by atoms with Crippen molar-refractivity contribution in [3.63, 3.8) is 0 Å². The third-order valence-electron chi connectivity index (χ3n) is 3.48. The summed E-state index contributed by atoms with van der Waals surface area (Å²) in [5.41, 5.74) is -1.22. The van der Waals surface area contributed by atoms with Crippen LogP contribution in [0.15, 0.2) is 50.5 Å². The van der Waals surface area contributed by atoms with Crippen LogP contribution in [-0.4, -0.2) is 25.6 Å². The lowest BCUT2D eigenvalue weighted by molar-refractivity contribution is -0.137. The number of fused-ring (bicyclic) bond motifs is 1. The number of hydrogen-bond donors (Lipinski definition) is 1. The predicted molar refractivity (Wildman–Crippen MR) is 94.2 cm³/mol. The number of halogens is 4. The summed E-state index contributed by atoms with van der Waals surface area (Å²) in [7, 11) is -3.66. The van der Waals surface area contributed by atoms with Gasteiger partial charge in [-0.05, 0) is 30.3 Å². The molecule has 0 bridgehead atoms. The van der Waals surface area contributed by atoms with E-state index in [-0.39, 0.29) is 21.3 Å². The van der Waals surface area contributed by atoms with Crippen LogP contribution in [0.2, 0.25) is 0 Å². The first-order chi connectivity index (χ1) is 12.4. The van der Waals surface area contributed by atoms with Crippen LogP contribution in [0.25, 0.3) is 11.1 Å². The zero-order chi connectivity index (χ0) is 20.0. The van der Waals surface area contributed by atoms with Crippen molar-refractivity contribution in [1.29, 1.82) is 0 Å². The summed E-state index contributed by atoms with van der Waals surface area (Å²) in [5, 5.41) is 1.85. The fourth-order valence-electron chi connectivity index (χ4n) is 2.29. The summed E-state index contributed by atoms with van der Waals surface area (Å²) in [4.78, 5) is 16.1. The Morgan fingerprint density at radius 3 is 2.52 bits per heavy atom. The summed E-state index contributed by atoms with van der Waals surface area (Å²) in [6.45, 7) is 0. The largest absolute Gasteiger partial charge is 0.428 e. The first-order valence-electron chi connectivity index (χ1n) is 7.24. The van der Waals surface area contributed by atoms with E-state index in [2.05, 4.69) is 26.2 Å². The molecule has 2 aromatic carbocycles. The SMILES string of the molecule is CS(=O)(=O)c1nc2ccc(NC(=O)c3ccc(Br)cc3C(F)(F)F)cc2o1. The quantitative estimate of drug-likeness (QED) is 0.627. The van der Waals surface area contributed by atoms with Crippen molar-refractivity contribution < 1.29 is 30.8 Å². The van der Waals surface area contributed by atoms with Crippen molar-refractivity contribution in [3.05, 3.63) is 52.0 Å². The van der Waals surface area contributed by atoms with Gasteiger partial charge in [0, 0.05) is 22.5 Å². The topological polar surface area (TPSA) is 89.3 Å². The fraction of sp³-hybridized carbons (Fsp3) is 0.125. The van der Waals surface area contributed by atoms with E-state index in [1.54, 1.807) is 0 Å². The average molecular weight is 463 g/mol. The van der Waals surface area contributed by atoms with Gasteiger partial charge in [0.15, 0.2) is 5.58 Å². The molecule has 0 aliphatic carbocycles. The number of nitrogens with one attached hydrogen (secondary N) is 1. The third-order valence-corrected chi connectivity index (χ3v) is 4.78. The number of alkyl halides is 3. The minimum atomic E-state index is -4.71. The molecular weight excluding hydrogens is 453 g/mol. The van der Waals surface area contributed by atoms with Gasteiger partial charge in [0.1, 0.15) is 5.52 Å². The highest BCUT2D eigenvalue weighted by atomic mass is 79.9. The van der Waals surface area contributed by atoms with Crippen LogP contribution in [0.3, 0.4) is 0 Å². The molecule has 142 valence electrons. The average Bonchev–Trinajstić information content (AvgIpc) is 2.97. The van der Waals surface area contributed by atoms with Crippen molar-refractivity contribution in [3.8, 4) is 0 Å². The number of aromatic nitrogens is 1. The van der Waals surface area contributed by atoms with E-state index < -0.39 is 38.3 Å². The summed E-state index contributed by atoms with van der Waals surface area (Å²) >= 11 is 2.95. The molecule has 0 atom stereocenters. The first-order valence-corrected chi connectivity index (χ1v) is 9.92. The number of nitrogens with zero attached hydrogens (tertiary/aromatic N) is 1. The van der Waals surface area contributed by atoms with Crippen LogP contribution in [0, 0.1) is 0 Å².